The predicted octanol–water partition coefficient (Wildman–Crippen LogP) is 3.05. The second-order valence-electron chi connectivity index (χ2n) is 4.37. The van der Waals surface area contributed by atoms with Gasteiger partial charge in [-0.2, -0.15) is 9.61 Å². The Morgan fingerprint density at radius 3 is 2.62 bits per heavy atom. The molecule has 0 aliphatic heterocycles. The third-order valence-electron chi connectivity index (χ3n) is 3.00. The Labute approximate surface area is 122 Å². The number of pyridine rings is 1. The Kier molecular flexibility index (Phi) is 2.71. The molecule has 0 saturated heterocycles. The lowest BCUT2D eigenvalue weighted by Crippen LogP contribution is -1.91. The van der Waals surface area contributed by atoms with Crippen LogP contribution in [-0.2, 0) is 0 Å². The van der Waals surface area contributed by atoms with Crippen molar-refractivity contribution in [1.82, 2.24) is 24.8 Å². The van der Waals surface area contributed by atoms with E-state index < -0.39 is 0 Å². The summed E-state index contributed by atoms with van der Waals surface area (Å²) in [5.74, 6) is 0.375. The molecule has 0 unspecified atom stereocenters. The monoisotopic (exact) mass is 297 g/mol. The number of benzene rings is 1. The summed E-state index contributed by atoms with van der Waals surface area (Å²) in [7, 11) is 0. The maximum atomic E-state index is 13.0. The first-order valence-corrected chi connectivity index (χ1v) is 7.01. The van der Waals surface area contributed by atoms with Gasteiger partial charge in [0.2, 0.25) is 4.96 Å². The number of nitrogens with zero attached hydrogens (tertiary/aromatic N) is 5. The zero-order valence-electron chi connectivity index (χ0n) is 10.6. The van der Waals surface area contributed by atoms with Crippen molar-refractivity contribution in [2.75, 3.05) is 0 Å². The molecule has 0 fully saturated rings. The van der Waals surface area contributed by atoms with Crippen LogP contribution in [0.2, 0.25) is 0 Å². The lowest BCUT2D eigenvalue weighted by molar-refractivity contribution is 0.628. The molecule has 4 aromatic rings. The Morgan fingerprint density at radius 1 is 1.00 bits per heavy atom. The third kappa shape index (κ3) is 2.07. The maximum absolute atomic E-state index is 13.0. The number of halogens is 1. The molecule has 4 rings (SSSR count). The van der Waals surface area contributed by atoms with Gasteiger partial charge in [0, 0.05) is 23.5 Å². The van der Waals surface area contributed by atoms with Gasteiger partial charge in [-0.3, -0.25) is 4.98 Å². The second-order valence-corrected chi connectivity index (χ2v) is 5.33. The highest BCUT2D eigenvalue weighted by Gasteiger charge is 2.14. The molecule has 0 bridgehead atoms. The van der Waals surface area contributed by atoms with Crippen molar-refractivity contribution in [2.45, 2.75) is 0 Å². The highest BCUT2D eigenvalue weighted by Crippen LogP contribution is 2.27. The zero-order valence-corrected chi connectivity index (χ0v) is 11.5. The highest BCUT2D eigenvalue weighted by molar-refractivity contribution is 7.19. The van der Waals surface area contributed by atoms with Crippen LogP contribution in [0.25, 0.3) is 26.9 Å². The third-order valence-corrected chi connectivity index (χ3v) is 3.95. The van der Waals surface area contributed by atoms with Gasteiger partial charge in [-0.05, 0) is 36.4 Å². The topological polar surface area (TPSA) is 56.0 Å². The number of hydrogen-bond acceptors (Lipinski definition) is 5. The molecule has 3 aromatic heterocycles. The Morgan fingerprint density at radius 2 is 1.86 bits per heavy atom. The minimum atomic E-state index is -0.266. The highest BCUT2D eigenvalue weighted by atomic mass is 32.1. The average Bonchev–Trinajstić information content (AvgIpc) is 3.09. The van der Waals surface area contributed by atoms with Gasteiger partial charge < -0.3 is 0 Å². The molecule has 1 aromatic carbocycles. The summed E-state index contributed by atoms with van der Waals surface area (Å²) in [6, 6.07) is 9.97. The van der Waals surface area contributed by atoms with Crippen LogP contribution in [0.3, 0.4) is 0 Å². The lowest BCUT2D eigenvalue weighted by Gasteiger charge is -1.96. The number of rotatable bonds is 2. The van der Waals surface area contributed by atoms with E-state index in [1.54, 1.807) is 29.0 Å². The van der Waals surface area contributed by atoms with E-state index >= 15 is 0 Å². The molecular formula is C14H8FN5S. The van der Waals surface area contributed by atoms with E-state index in [1.807, 2.05) is 12.1 Å². The van der Waals surface area contributed by atoms with Crippen LogP contribution in [0.4, 0.5) is 4.39 Å². The predicted molar refractivity (Wildman–Crippen MR) is 77.3 cm³/mol. The maximum Gasteiger partial charge on any atom is 0.235 e. The van der Waals surface area contributed by atoms with Crippen LogP contribution >= 0.6 is 11.3 Å². The molecule has 5 nitrogen and oxygen atoms in total. The number of hydrogen-bond donors (Lipinski definition) is 0. The molecule has 0 radical (unpaired) electrons. The van der Waals surface area contributed by atoms with Crippen molar-refractivity contribution in [1.29, 1.82) is 0 Å². The minimum Gasteiger partial charge on any atom is -0.264 e. The van der Waals surface area contributed by atoms with Gasteiger partial charge in [0.05, 0.1) is 0 Å². The second kappa shape index (κ2) is 4.71. The Bertz CT molecular complexity index is 898. The normalized spacial score (nSPS) is 11.1. The molecule has 0 spiro atoms. The van der Waals surface area contributed by atoms with E-state index in [9.17, 15) is 4.39 Å². The fourth-order valence-electron chi connectivity index (χ4n) is 2.00. The van der Waals surface area contributed by atoms with Crippen molar-refractivity contribution < 1.29 is 4.39 Å². The van der Waals surface area contributed by atoms with Gasteiger partial charge >= 0.3 is 0 Å². The SMILES string of the molecule is Fc1ccc(-c2nn3c(-c4cccnc4)nnc3s2)cc1. The largest absolute Gasteiger partial charge is 0.264 e. The molecule has 21 heavy (non-hydrogen) atoms. The van der Waals surface area contributed by atoms with E-state index in [-0.39, 0.29) is 5.82 Å². The van der Waals surface area contributed by atoms with Gasteiger partial charge in [-0.25, -0.2) is 4.39 Å². The van der Waals surface area contributed by atoms with Crippen LogP contribution in [0.1, 0.15) is 0 Å². The number of aromatic nitrogens is 5. The summed E-state index contributed by atoms with van der Waals surface area (Å²) in [5.41, 5.74) is 1.70. The Balaban J connectivity index is 1.84. The van der Waals surface area contributed by atoms with Crippen molar-refractivity contribution in [2.24, 2.45) is 0 Å². The van der Waals surface area contributed by atoms with E-state index in [0.29, 0.717) is 10.8 Å². The van der Waals surface area contributed by atoms with Crippen LogP contribution < -0.4 is 0 Å². The molecular weight excluding hydrogens is 289 g/mol. The average molecular weight is 297 g/mol. The first-order chi connectivity index (χ1) is 10.3. The first kappa shape index (κ1) is 12.1. The van der Waals surface area contributed by atoms with Gasteiger partial charge in [0.15, 0.2) is 5.82 Å². The molecule has 3 heterocycles. The fraction of sp³-hybridized carbons (Fsp3) is 0. The zero-order chi connectivity index (χ0) is 14.2. The quantitative estimate of drug-likeness (QED) is 0.570. The molecule has 0 aliphatic rings. The summed E-state index contributed by atoms with van der Waals surface area (Å²) in [6.45, 7) is 0. The summed E-state index contributed by atoms with van der Waals surface area (Å²) in [5, 5.41) is 13.5. The molecule has 102 valence electrons. The van der Waals surface area contributed by atoms with Crippen LogP contribution in [0, 0.1) is 5.82 Å². The molecule has 0 atom stereocenters. The molecule has 7 heteroatoms. The molecule has 0 amide bonds. The van der Waals surface area contributed by atoms with E-state index in [0.717, 1.165) is 16.1 Å². The molecule has 0 saturated carbocycles. The van der Waals surface area contributed by atoms with Crippen molar-refractivity contribution >= 4 is 16.3 Å². The van der Waals surface area contributed by atoms with Gasteiger partial charge in [-0.15, -0.1) is 10.2 Å². The van der Waals surface area contributed by atoms with Crippen molar-refractivity contribution in [3.8, 4) is 22.0 Å². The minimum absolute atomic E-state index is 0.266. The van der Waals surface area contributed by atoms with Gasteiger partial charge in [0.25, 0.3) is 0 Å². The lowest BCUT2D eigenvalue weighted by atomic mass is 10.2. The van der Waals surface area contributed by atoms with Crippen LogP contribution in [0.5, 0.6) is 0 Å². The van der Waals surface area contributed by atoms with E-state index in [4.69, 9.17) is 0 Å². The van der Waals surface area contributed by atoms with Crippen LogP contribution in [0.15, 0.2) is 48.8 Å². The standard InChI is InChI=1S/C14H8FN5S/c15-11-5-3-9(4-6-11)13-19-20-12(17-18-14(20)21-13)10-2-1-7-16-8-10/h1-8H. The summed E-state index contributed by atoms with van der Waals surface area (Å²) < 4.78 is 14.7. The van der Waals surface area contributed by atoms with E-state index in [1.165, 1.54) is 23.5 Å². The molecule has 0 aliphatic carbocycles. The first-order valence-electron chi connectivity index (χ1n) is 6.20. The summed E-state index contributed by atoms with van der Waals surface area (Å²) in [6.07, 6.45) is 3.42. The molecule has 0 N–H and O–H groups in total. The fourth-order valence-corrected chi connectivity index (χ4v) is 2.85. The Hall–Kier alpha value is -2.67. The van der Waals surface area contributed by atoms with Crippen molar-refractivity contribution in [3.63, 3.8) is 0 Å². The number of fused-ring (bicyclic) bond motifs is 1. The van der Waals surface area contributed by atoms with E-state index in [2.05, 4.69) is 20.3 Å². The smallest absolute Gasteiger partial charge is 0.235 e. The van der Waals surface area contributed by atoms with Crippen LogP contribution in [-0.4, -0.2) is 24.8 Å². The summed E-state index contributed by atoms with van der Waals surface area (Å²) >= 11 is 1.41. The summed E-state index contributed by atoms with van der Waals surface area (Å²) in [4.78, 5) is 4.76. The van der Waals surface area contributed by atoms with Gasteiger partial charge in [-0.1, -0.05) is 11.3 Å². The van der Waals surface area contributed by atoms with Crippen molar-refractivity contribution in [3.05, 3.63) is 54.6 Å². The van der Waals surface area contributed by atoms with Gasteiger partial charge in [0.1, 0.15) is 10.8 Å².